The third kappa shape index (κ3) is 4.46. The number of hydrogen-bond acceptors (Lipinski definition) is 4. The minimum atomic E-state index is -0.0199. The van der Waals surface area contributed by atoms with Gasteiger partial charge in [0.1, 0.15) is 5.69 Å². The third-order valence-corrected chi connectivity index (χ3v) is 6.36. The van der Waals surface area contributed by atoms with Crippen LogP contribution in [0.3, 0.4) is 0 Å². The number of methoxy groups -OCH3 is 1. The van der Waals surface area contributed by atoms with Gasteiger partial charge in [-0.1, -0.05) is 24.3 Å². The minimum Gasteiger partial charge on any atom is -0.481 e. The number of pyridine rings is 2. The summed E-state index contributed by atoms with van der Waals surface area (Å²) < 4.78 is 7.33. The third-order valence-electron chi connectivity index (χ3n) is 6.36. The Bertz CT molecular complexity index is 1280. The molecule has 1 saturated carbocycles. The summed E-state index contributed by atoms with van der Waals surface area (Å²) in [6.45, 7) is 1.45. The Morgan fingerprint density at radius 3 is 2.73 bits per heavy atom. The first-order valence-electron chi connectivity index (χ1n) is 11.4. The van der Waals surface area contributed by atoms with E-state index in [0.717, 1.165) is 24.1 Å². The molecule has 6 heteroatoms. The maximum atomic E-state index is 13.7. The molecule has 1 aromatic carbocycles. The van der Waals surface area contributed by atoms with Crippen LogP contribution >= 0.6 is 0 Å². The Labute approximate surface area is 193 Å². The molecular weight excluding hydrogens is 412 g/mol. The van der Waals surface area contributed by atoms with Crippen molar-refractivity contribution < 1.29 is 9.53 Å². The van der Waals surface area contributed by atoms with Crippen molar-refractivity contribution in [1.29, 1.82) is 0 Å². The highest BCUT2D eigenvalue weighted by Crippen LogP contribution is 2.31. The largest absolute Gasteiger partial charge is 0.481 e. The lowest BCUT2D eigenvalue weighted by atomic mass is 10.0. The molecule has 0 unspecified atom stereocenters. The van der Waals surface area contributed by atoms with Crippen molar-refractivity contribution in [3.63, 3.8) is 0 Å². The minimum absolute atomic E-state index is 0.0199. The molecule has 0 aliphatic heterocycles. The number of aromatic nitrogens is 3. The Kier molecular flexibility index (Phi) is 5.82. The first-order valence-corrected chi connectivity index (χ1v) is 11.4. The van der Waals surface area contributed by atoms with Gasteiger partial charge in [0.2, 0.25) is 5.88 Å². The van der Waals surface area contributed by atoms with Gasteiger partial charge in [-0.15, -0.1) is 0 Å². The number of rotatable bonds is 8. The van der Waals surface area contributed by atoms with Crippen molar-refractivity contribution in [2.24, 2.45) is 13.0 Å². The SMILES string of the molecule is COc1ccc(-c2cccnc2C(=O)N(CCc2cn(C)c3ccccc23)CC2CC2)cn1. The van der Waals surface area contributed by atoms with Crippen molar-refractivity contribution >= 4 is 16.8 Å². The van der Waals surface area contributed by atoms with E-state index < -0.39 is 0 Å². The second-order valence-corrected chi connectivity index (χ2v) is 8.72. The number of hydrogen-bond donors (Lipinski definition) is 0. The van der Waals surface area contributed by atoms with Gasteiger partial charge in [-0.2, -0.15) is 0 Å². The van der Waals surface area contributed by atoms with Crippen LogP contribution in [0.1, 0.15) is 28.9 Å². The van der Waals surface area contributed by atoms with Crippen LogP contribution in [0.5, 0.6) is 5.88 Å². The van der Waals surface area contributed by atoms with E-state index in [9.17, 15) is 4.79 Å². The molecule has 1 fully saturated rings. The van der Waals surface area contributed by atoms with E-state index in [-0.39, 0.29) is 5.91 Å². The van der Waals surface area contributed by atoms with Gasteiger partial charge >= 0.3 is 0 Å². The Balaban J connectivity index is 1.42. The van der Waals surface area contributed by atoms with Crippen molar-refractivity contribution in [2.45, 2.75) is 19.3 Å². The number of para-hydroxylation sites is 1. The van der Waals surface area contributed by atoms with Crippen LogP contribution in [0.2, 0.25) is 0 Å². The highest BCUT2D eigenvalue weighted by molar-refractivity contribution is 5.99. The average molecular weight is 441 g/mol. The van der Waals surface area contributed by atoms with Gasteiger partial charge in [0.05, 0.1) is 7.11 Å². The van der Waals surface area contributed by atoms with Crippen LogP contribution in [0.15, 0.2) is 67.1 Å². The van der Waals surface area contributed by atoms with Crippen molar-refractivity contribution in [2.75, 3.05) is 20.2 Å². The van der Waals surface area contributed by atoms with Crippen LogP contribution in [-0.2, 0) is 13.5 Å². The fourth-order valence-electron chi connectivity index (χ4n) is 4.39. The monoisotopic (exact) mass is 440 g/mol. The zero-order valence-corrected chi connectivity index (χ0v) is 19.1. The highest BCUT2D eigenvalue weighted by Gasteiger charge is 2.29. The fourth-order valence-corrected chi connectivity index (χ4v) is 4.39. The van der Waals surface area contributed by atoms with Crippen molar-refractivity contribution in [1.82, 2.24) is 19.4 Å². The first-order chi connectivity index (χ1) is 16.1. The summed E-state index contributed by atoms with van der Waals surface area (Å²) in [5, 5.41) is 1.25. The number of ether oxygens (including phenoxy) is 1. The van der Waals surface area contributed by atoms with Gasteiger partial charge in [0.15, 0.2) is 0 Å². The standard InChI is InChI=1S/C27H28N4O2/c1-30-18-21(22-6-3-4-8-24(22)30)13-15-31(17-19-9-10-19)27(32)26-23(7-5-14-28-26)20-11-12-25(33-2)29-16-20/h3-8,11-12,14,16,18-19H,9-10,13,15,17H2,1-2H3. The molecule has 0 N–H and O–H groups in total. The summed E-state index contributed by atoms with van der Waals surface area (Å²) >= 11 is 0. The summed E-state index contributed by atoms with van der Waals surface area (Å²) in [6.07, 6.45) is 8.79. The molecule has 168 valence electrons. The molecule has 0 bridgehead atoms. The summed E-state index contributed by atoms with van der Waals surface area (Å²) in [7, 11) is 3.66. The molecule has 1 amide bonds. The smallest absolute Gasteiger partial charge is 0.273 e. The number of nitrogens with zero attached hydrogens (tertiary/aromatic N) is 4. The van der Waals surface area contributed by atoms with E-state index >= 15 is 0 Å². The molecule has 5 rings (SSSR count). The highest BCUT2D eigenvalue weighted by atomic mass is 16.5. The second kappa shape index (κ2) is 9.06. The molecule has 4 aromatic rings. The molecule has 0 spiro atoms. The van der Waals surface area contributed by atoms with Gasteiger partial charge in [0.25, 0.3) is 5.91 Å². The van der Waals surface area contributed by atoms with E-state index in [0.29, 0.717) is 24.0 Å². The van der Waals surface area contributed by atoms with Gasteiger partial charge in [-0.25, -0.2) is 4.98 Å². The topological polar surface area (TPSA) is 60.2 Å². The van der Waals surface area contributed by atoms with Crippen LogP contribution in [0, 0.1) is 5.92 Å². The second-order valence-electron chi connectivity index (χ2n) is 8.72. The molecule has 1 aliphatic carbocycles. The number of amides is 1. The average Bonchev–Trinajstić information content (AvgIpc) is 3.63. The Morgan fingerprint density at radius 1 is 1.12 bits per heavy atom. The molecule has 0 radical (unpaired) electrons. The lowest BCUT2D eigenvalue weighted by Gasteiger charge is -2.23. The lowest BCUT2D eigenvalue weighted by Crippen LogP contribution is -2.35. The predicted molar refractivity (Wildman–Crippen MR) is 129 cm³/mol. The molecule has 0 atom stereocenters. The van der Waals surface area contributed by atoms with E-state index in [2.05, 4.69) is 52.0 Å². The quantitative estimate of drug-likeness (QED) is 0.397. The molecule has 6 nitrogen and oxygen atoms in total. The van der Waals surface area contributed by atoms with E-state index in [1.165, 1.54) is 29.3 Å². The van der Waals surface area contributed by atoms with Gasteiger partial charge in [-0.05, 0) is 48.9 Å². The van der Waals surface area contributed by atoms with Gasteiger partial charge in [0, 0.05) is 66.8 Å². The molecular formula is C27H28N4O2. The van der Waals surface area contributed by atoms with E-state index in [1.807, 2.05) is 23.1 Å². The van der Waals surface area contributed by atoms with Gasteiger partial charge < -0.3 is 14.2 Å². The van der Waals surface area contributed by atoms with E-state index in [4.69, 9.17) is 4.74 Å². The maximum absolute atomic E-state index is 13.7. The zero-order chi connectivity index (χ0) is 22.8. The van der Waals surface area contributed by atoms with Crippen LogP contribution in [0.25, 0.3) is 22.0 Å². The normalized spacial score (nSPS) is 13.3. The Morgan fingerprint density at radius 2 is 1.97 bits per heavy atom. The summed E-state index contributed by atoms with van der Waals surface area (Å²) in [4.78, 5) is 24.5. The number of carbonyl (C=O) groups is 1. The Hall–Kier alpha value is -3.67. The molecule has 3 aromatic heterocycles. The van der Waals surface area contributed by atoms with Crippen LogP contribution in [0.4, 0.5) is 0 Å². The molecule has 0 saturated heterocycles. The molecule has 3 heterocycles. The summed E-state index contributed by atoms with van der Waals surface area (Å²) in [5.74, 6) is 1.12. The predicted octanol–water partition coefficient (Wildman–Crippen LogP) is 4.74. The van der Waals surface area contributed by atoms with Gasteiger partial charge in [-0.3, -0.25) is 9.78 Å². The number of carbonyl (C=O) groups excluding carboxylic acids is 1. The number of fused-ring (bicyclic) bond motifs is 1. The van der Waals surface area contributed by atoms with Crippen LogP contribution in [-0.4, -0.2) is 45.5 Å². The van der Waals surface area contributed by atoms with Crippen molar-refractivity contribution in [3.8, 4) is 17.0 Å². The first kappa shape index (κ1) is 21.2. The molecule has 1 aliphatic rings. The lowest BCUT2D eigenvalue weighted by molar-refractivity contribution is 0.0744. The number of aryl methyl sites for hydroxylation is 1. The summed E-state index contributed by atoms with van der Waals surface area (Å²) in [5.41, 5.74) is 4.60. The maximum Gasteiger partial charge on any atom is 0.273 e. The fraction of sp³-hybridized carbons (Fsp3) is 0.296. The van der Waals surface area contributed by atoms with Crippen molar-refractivity contribution in [3.05, 3.63) is 78.4 Å². The zero-order valence-electron chi connectivity index (χ0n) is 19.1. The molecule has 33 heavy (non-hydrogen) atoms. The number of benzene rings is 1. The summed E-state index contributed by atoms with van der Waals surface area (Å²) in [6, 6.07) is 15.9. The van der Waals surface area contributed by atoms with Crippen LogP contribution < -0.4 is 4.74 Å². The van der Waals surface area contributed by atoms with E-state index in [1.54, 1.807) is 25.6 Å².